The number of aryl methyl sites for hydroxylation is 1. The van der Waals surface area contributed by atoms with E-state index in [1.165, 1.54) is 6.92 Å². The summed E-state index contributed by atoms with van der Waals surface area (Å²) in [5.74, 6) is 0.0604. The molecule has 0 unspecified atom stereocenters. The summed E-state index contributed by atoms with van der Waals surface area (Å²) >= 11 is 0. The predicted octanol–water partition coefficient (Wildman–Crippen LogP) is 1.40. The zero-order chi connectivity index (χ0) is 14.6. The van der Waals surface area contributed by atoms with E-state index in [9.17, 15) is 13.2 Å². The van der Waals surface area contributed by atoms with E-state index >= 15 is 0 Å². The third kappa shape index (κ3) is 4.07. The highest BCUT2D eigenvalue weighted by molar-refractivity contribution is 7.89. The van der Waals surface area contributed by atoms with Crippen LogP contribution >= 0.6 is 0 Å². The molecule has 0 aliphatic rings. The van der Waals surface area contributed by atoms with Gasteiger partial charge in [0.15, 0.2) is 5.76 Å². The van der Waals surface area contributed by atoms with E-state index in [4.69, 9.17) is 9.56 Å². The lowest BCUT2D eigenvalue weighted by Gasteiger charge is -2.12. The van der Waals surface area contributed by atoms with Crippen LogP contribution in [0.25, 0.3) is 0 Å². The van der Waals surface area contributed by atoms with Gasteiger partial charge in [-0.1, -0.05) is 26.7 Å². The van der Waals surface area contributed by atoms with Crippen LogP contribution in [0.4, 0.5) is 0 Å². The molecule has 0 saturated carbocycles. The molecule has 0 bridgehead atoms. The fourth-order valence-electron chi connectivity index (χ4n) is 1.76. The van der Waals surface area contributed by atoms with Crippen molar-refractivity contribution in [3.8, 4) is 0 Å². The fraction of sp³-hybridized carbons (Fsp3) is 0.583. The molecule has 0 radical (unpaired) electrons. The zero-order valence-electron chi connectivity index (χ0n) is 11.4. The van der Waals surface area contributed by atoms with E-state index < -0.39 is 15.9 Å². The molecule has 0 atom stereocenters. The standard InChI is InChI=1S/C12H20N2O4S/c1-4-9(5-2)7-14-12(15)10-6-11(8(3)18-10)19(13,16)17/h6,9H,4-5,7H2,1-3H3,(H,14,15)(H2,13,16,17). The molecule has 0 aromatic carbocycles. The lowest BCUT2D eigenvalue weighted by atomic mass is 10.0. The van der Waals surface area contributed by atoms with Crippen LogP contribution in [0.2, 0.25) is 0 Å². The molecule has 0 fully saturated rings. The topological polar surface area (TPSA) is 102 Å². The molecule has 3 N–H and O–H groups in total. The molecule has 0 aliphatic carbocycles. The number of carbonyl (C=O) groups is 1. The summed E-state index contributed by atoms with van der Waals surface area (Å²) < 4.78 is 27.6. The van der Waals surface area contributed by atoms with Crippen molar-refractivity contribution in [3.05, 3.63) is 17.6 Å². The summed E-state index contributed by atoms with van der Waals surface area (Å²) in [7, 11) is -3.86. The van der Waals surface area contributed by atoms with Gasteiger partial charge < -0.3 is 9.73 Å². The fourth-order valence-corrected chi connectivity index (χ4v) is 2.47. The van der Waals surface area contributed by atoms with Gasteiger partial charge in [0.1, 0.15) is 10.7 Å². The van der Waals surface area contributed by atoms with E-state index in [2.05, 4.69) is 19.2 Å². The first-order chi connectivity index (χ1) is 8.79. The first-order valence-electron chi connectivity index (χ1n) is 6.21. The largest absolute Gasteiger partial charge is 0.455 e. The molecule has 1 aromatic heterocycles. The van der Waals surface area contributed by atoms with Gasteiger partial charge in [0, 0.05) is 12.6 Å². The minimum absolute atomic E-state index is 0.0347. The summed E-state index contributed by atoms with van der Waals surface area (Å²) in [5, 5.41) is 7.74. The molecule has 0 aliphatic heterocycles. The van der Waals surface area contributed by atoms with Crippen LogP contribution in [-0.2, 0) is 10.0 Å². The number of furan rings is 1. The third-order valence-electron chi connectivity index (χ3n) is 3.11. The highest BCUT2D eigenvalue weighted by Gasteiger charge is 2.21. The van der Waals surface area contributed by atoms with Gasteiger partial charge >= 0.3 is 0 Å². The lowest BCUT2D eigenvalue weighted by Crippen LogP contribution is -2.28. The smallest absolute Gasteiger partial charge is 0.287 e. The van der Waals surface area contributed by atoms with Crippen molar-refractivity contribution >= 4 is 15.9 Å². The van der Waals surface area contributed by atoms with Crippen molar-refractivity contribution in [2.45, 2.75) is 38.5 Å². The Morgan fingerprint density at radius 3 is 2.42 bits per heavy atom. The Kier molecular flexibility index (Phi) is 5.13. The molecule has 19 heavy (non-hydrogen) atoms. The SMILES string of the molecule is CCC(CC)CNC(=O)c1cc(S(N)(=O)=O)c(C)o1. The first kappa shape index (κ1) is 15.7. The number of rotatable bonds is 6. The van der Waals surface area contributed by atoms with Crippen LogP contribution in [0.1, 0.15) is 43.0 Å². The number of hydrogen-bond acceptors (Lipinski definition) is 4. The molecule has 1 heterocycles. The summed E-state index contributed by atoms with van der Waals surface area (Å²) in [5.41, 5.74) is 0. The number of amides is 1. The molecular formula is C12H20N2O4S. The van der Waals surface area contributed by atoms with Crippen molar-refractivity contribution < 1.29 is 17.6 Å². The maximum Gasteiger partial charge on any atom is 0.287 e. The highest BCUT2D eigenvalue weighted by Crippen LogP contribution is 2.18. The minimum Gasteiger partial charge on any atom is -0.455 e. The van der Waals surface area contributed by atoms with Gasteiger partial charge in [-0.2, -0.15) is 0 Å². The Bertz CT molecular complexity index is 544. The Hall–Kier alpha value is -1.34. The van der Waals surface area contributed by atoms with Gasteiger partial charge in [0.25, 0.3) is 5.91 Å². The monoisotopic (exact) mass is 288 g/mol. The van der Waals surface area contributed by atoms with Gasteiger partial charge in [-0.15, -0.1) is 0 Å². The Balaban J connectivity index is 2.79. The van der Waals surface area contributed by atoms with Gasteiger partial charge in [-0.3, -0.25) is 4.79 Å². The normalized spacial score (nSPS) is 11.8. The second kappa shape index (κ2) is 6.21. The molecule has 6 nitrogen and oxygen atoms in total. The molecule has 108 valence electrons. The first-order valence-corrected chi connectivity index (χ1v) is 7.75. The molecule has 0 saturated heterocycles. The Labute approximate surface area is 113 Å². The van der Waals surface area contributed by atoms with Crippen molar-refractivity contribution in [1.29, 1.82) is 0 Å². The molecular weight excluding hydrogens is 268 g/mol. The summed E-state index contributed by atoms with van der Waals surface area (Å²) in [6.07, 6.45) is 1.94. The van der Waals surface area contributed by atoms with E-state index in [0.29, 0.717) is 12.5 Å². The molecule has 1 amide bonds. The number of carbonyl (C=O) groups excluding carboxylic acids is 1. The maximum atomic E-state index is 11.8. The lowest BCUT2D eigenvalue weighted by molar-refractivity contribution is 0.0917. The van der Waals surface area contributed by atoms with Crippen molar-refractivity contribution in [1.82, 2.24) is 5.32 Å². The second-order valence-corrected chi connectivity index (χ2v) is 6.00. The Morgan fingerprint density at radius 1 is 1.42 bits per heavy atom. The number of nitrogens with two attached hydrogens (primary N) is 1. The van der Waals surface area contributed by atoms with E-state index in [1.807, 2.05) is 0 Å². The Morgan fingerprint density at radius 2 is 2.00 bits per heavy atom. The van der Waals surface area contributed by atoms with Crippen molar-refractivity contribution in [2.75, 3.05) is 6.54 Å². The van der Waals surface area contributed by atoms with Gasteiger partial charge in [0.2, 0.25) is 10.0 Å². The van der Waals surface area contributed by atoms with E-state index in [-0.39, 0.29) is 16.4 Å². The molecule has 1 aromatic rings. The number of primary sulfonamides is 1. The van der Waals surface area contributed by atoms with Crippen LogP contribution in [0, 0.1) is 12.8 Å². The van der Waals surface area contributed by atoms with E-state index in [0.717, 1.165) is 18.9 Å². The van der Waals surface area contributed by atoms with Crippen LogP contribution in [-0.4, -0.2) is 20.9 Å². The van der Waals surface area contributed by atoms with Crippen molar-refractivity contribution in [3.63, 3.8) is 0 Å². The molecule has 7 heteroatoms. The summed E-state index contributed by atoms with van der Waals surface area (Å²) in [6, 6.07) is 1.16. The number of sulfonamides is 1. The van der Waals surface area contributed by atoms with Gasteiger partial charge in [-0.25, -0.2) is 13.6 Å². The third-order valence-corrected chi connectivity index (χ3v) is 4.13. The molecule has 1 rings (SSSR count). The minimum atomic E-state index is -3.86. The average Bonchev–Trinajstić information content (AvgIpc) is 2.72. The number of hydrogen-bond donors (Lipinski definition) is 2. The van der Waals surface area contributed by atoms with Crippen LogP contribution in [0.15, 0.2) is 15.4 Å². The average molecular weight is 288 g/mol. The quantitative estimate of drug-likeness (QED) is 0.825. The number of nitrogens with one attached hydrogen (secondary N) is 1. The second-order valence-electron chi connectivity index (χ2n) is 4.47. The predicted molar refractivity (Wildman–Crippen MR) is 71.2 cm³/mol. The van der Waals surface area contributed by atoms with Gasteiger partial charge in [0.05, 0.1) is 0 Å². The summed E-state index contributed by atoms with van der Waals surface area (Å²) in [6.45, 7) is 6.10. The van der Waals surface area contributed by atoms with Crippen molar-refractivity contribution in [2.24, 2.45) is 11.1 Å². The van der Waals surface area contributed by atoms with Crippen LogP contribution < -0.4 is 10.5 Å². The van der Waals surface area contributed by atoms with Crippen LogP contribution in [0.5, 0.6) is 0 Å². The van der Waals surface area contributed by atoms with Crippen LogP contribution in [0.3, 0.4) is 0 Å². The van der Waals surface area contributed by atoms with E-state index in [1.54, 1.807) is 0 Å². The highest BCUT2D eigenvalue weighted by atomic mass is 32.2. The molecule has 0 spiro atoms. The zero-order valence-corrected chi connectivity index (χ0v) is 12.2. The van der Waals surface area contributed by atoms with Gasteiger partial charge in [-0.05, 0) is 12.8 Å². The maximum absolute atomic E-state index is 11.8. The summed E-state index contributed by atoms with van der Waals surface area (Å²) in [4.78, 5) is 11.7.